The van der Waals surface area contributed by atoms with Crippen LogP contribution >= 0.6 is 0 Å². The Balaban J connectivity index is 2.03. The van der Waals surface area contributed by atoms with Crippen molar-refractivity contribution in [3.8, 4) is 0 Å². The summed E-state index contributed by atoms with van der Waals surface area (Å²) in [5, 5.41) is 3.63. The van der Waals surface area contributed by atoms with Gasteiger partial charge in [-0.2, -0.15) is 0 Å². The molecule has 1 heterocycles. The molecule has 0 amide bonds. The number of nitrogens with one attached hydrogen (secondary N) is 1. The molecule has 0 aromatic heterocycles. The van der Waals surface area contributed by atoms with Crippen molar-refractivity contribution >= 4 is 0 Å². The fraction of sp³-hybridized carbons (Fsp3) is 0.571. The summed E-state index contributed by atoms with van der Waals surface area (Å²) in [5.74, 6) is 0. The van der Waals surface area contributed by atoms with E-state index in [1.807, 2.05) is 0 Å². The van der Waals surface area contributed by atoms with Crippen LogP contribution in [-0.4, -0.2) is 37.1 Å². The third-order valence-electron chi connectivity index (χ3n) is 3.69. The summed E-state index contributed by atoms with van der Waals surface area (Å²) >= 11 is 0. The number of benzene rings is 1. The van der Waals surface area contributed by atoms with Crippen molar-refractivity contribution in [2.24, 2.45) is 0 Å². The van der Waals surface area contributed by atoms with Gasteiger partial charge in [-0.1, -0.05) is 29.8 Å². The highest BCUT2D eigenvalue weighted by atomic mass is 15.2. The molecular formula is C14H22N2. The number of likely N-dealkylation sites (N-methyl/N-ethyl adjacent to an activating group) is 1. The zero-order chi connectivity index (χ0) is 11.5. The minimum atomic E-state index is 0.584. The minimum Gasteiger partial charge on any atom is -0.311 e. The first kappa shape index (κ1) is 11.6. The van der Waals surface area contributed by atoms with Gasteiger partial charge in [-0.15, -0.1) is 0 Å². The average Bonchev–Trinajstić information content (AvgIpc) is 2.25. The van der Waals surface area contributed by atoms with E-state index >= 15 is 0 Å². The molecule has 0 bridgehead atoms. The third-order valence-corrected chi connectivity index (χ3v) is 3.69. The number of piperazine rings is 1. The van der Waals surface area contributed by atoms with Crippen LogP contribution in [0.2, 0.25) is 0 Å². The Hall–Kier alpha value is -0.860. The van der Waals surface area contributed by atoms with Crippen molar-refractivity contribution in [1.29, 1.82) is 0 Å². The first-order valence-corrected chi connectivity index (χ1v) is 6.16. The van der Waals surface area contributed by atoms with E-state index in [0.717, 1.165) is 19.5 Å². The predicted molar refractivity (Wildman–Crippen MR) is 68.8 cm³/mol. The summed E-state index contributed by atoms with van der Waals surface area (Å²) in [4.78, 5) is 2.44. The molecule has 1 saturated heterocycles. The number of aryl methyl sites for hydroxylation is 1. The highest BCUT2D eigenvalue weighted by Gasteiger charge is 2.24. The van der Waals surface area contributed by atoms with Crippen molar-refractivity contribution in [3.05, 3.63) is 35.4 Å². The van der Waals surface area contributed by atoms with E-state index in [1.165, 1.54) is 11.1 Å². The standard InChI is InChI=1S/C14H22N2/c1-11-5-4-6-13(9-11)10-14-12(2)16(3)8-7-15-14/h4-6,9,12,14-15H,7-8,10H2,1-3H3. The van der Waals surface area contributed by atoms with E-state index < -0.39 is 0 Å². The molecule has 1 fully saturated rings. The zero-order valence-electron chi connectivity index (χ0n) is 10.5. The Morgan fingerprint density at radius 3 is 3.00 bits per heavy atom. The van der Waals surface area contributed by atoms with Crippen molar-refractivity contribution in [1.82, 2.24) is 10.2 Å². The SMILES string of the molecule is Cc1cccc(CC2NCCN(C)C2C)c1. The van der Waals surface area contributed by atoms with E-state index in [2.05, 4.69) is 55.4 Å². The zero-order valence-corrected chi connectivity index (χ0v) is 10.5. The molecule has 0 aliphatic carbocycles. The smallest absolute Gasteiger partial charge is 0.0261 e. The molecule has 88 valence electrons. The van der Waals surface area contributed by atoms with Crippen molar-refractivity contribution in [2.75, 3.05) is 20.1 Å². The minimum absolute atomic E-state index is 0.584. The fourth-order valence-corrected chi connectivity index (χ4v) is 2.44. The van der Waals surface area contributed by atoms with Crippen molar-refractivity contribution in [2.45, 2.75) is 32.4 Å². The van der Waals surface area contributed by atoms with Gasteiger partial charge in [0.25, 0.3) is 0 Å². The van der Waals surface area contributed by atoms with E-state index in [9.17, 15) is 0 Å². The van der Waals surface area contributed by atoms with E-state index in [0.29, 0.717) is 12.1 Å². The maximum atomic E-state index is 3.63. The Morgan fingerprint density at radius 1 is 1.44 bits per heavy atom. The maximum Gasteiger partial charge on any atom is 0.0261 e. The highest BCUT2D eigenvalue weighted by molar-refractivity contribution is 5.23. The molecule has 1 aromatic carbocycles. The molecule has 2 atom stereocenters. The van der Waals surface area contributed by atoms with Gasteiger partial charge in [0.05, 0.1) is 0 Å². The molecule has 1 aliphatic heterocycles. The van der Waals surface area contributed by atoms with Crippen LogP contribution in [0.15, 0.2) is 24.3 Å². The van der Waals surface area contributed by atoms with Crippen LogP contribution < -0.4 is 5.32 Å². The lowest BCUT2D eigenvalue weighted by Gasteiger charge is -2.38. The molecule has 1 aliphatic rings. The number of nitrogens with zero attached hydrogens (tertiary/aromatic N) is 1. The largest absolute Gasteiger partial charge is 0.311 e. The van der Waals surface area contributed by atoms with Crippen molar-refractivity contribution in [3.63, 3.8) is 0 Å². The van der Waals surface area contributed by atoms with Gasteiger partial charge < -0.3 is 10.2 Å². The summed E-state index contributed by atoms with van der Waals surface area (Å²) in [5.41, 5.74) is 2.80. The summed E-state index contributed by atoms with van der Waals surface area (Å²) in [7, 11) is 2.22. The van der Waals surface area contributed by atoms with Crippen LogP contribution in [0.1, 0.15) is 18.1 Å². The summed E-state index contributed by atoms with van der Waals surface area (Å²) in [6.07, 6.45) is 1.13. The van der Waals surface area contributed by atoms with E-state index in [1.54, 1.807) is 0 Å². The van der Waals surface area contributed by atoms with Crippen LogP contribution in [0.25, 0.3) is 0 Å². The maximum absolute atomic E-state index is 3.63. The van der Waals surface area contributed by atoms with Gasteiger partial charge in [0.2, 0.25) is 0 Å². The van der Waals surface area contributed by atoms with Crippen LogP contribution in [0.4, 0.5) is 0 Å². The van der Waals surface area contributed by atoms with E-state index in [-0.39, 0.29) is 0 Å². The van der Waals surface area contributed by atoms with Gasteiger partial charge in [-0.3, -0.25) is 0 Å². The molecule has 2 unspecified atom stereocenters. The van der Waals surface area contributed by atoms with Gasteiger partial charge in [-0.25, -0.2) is 0 Å². The lowest BCUT2D eigenvalue weighted by atomic mass is 9.97. The Morgan fingerprint density at radius 2 is 2.25 bits per heavy atom. The van der Waals surface area contributed by atoms with Gasteiger partial charge in [0, 0.05) is 25.2 Å². The molecule has 2 heteroatoms. The second-order valence-corrected chi connectivity index (χ2v) is 4.98. The van der Waals surface area contributed by atoms with Crippen LogP contribution in [0.5, 0.6) is 0 Å². The molecule has 1 N–H and O–H groups in total. The van der Waals surface area contributed by atoms with Gasteiger partial charge in [0.1, 0.15) is 0 Å². The second-order valence-electron chi connectivity index (χ2n) is 4.98. The highest BCUT2D eigenvalue weighted by Crippen LogP contribution is 2.13. The topological polar surface area (TPSA) is 15.3 Å². The molecule has 16 heavy (non-hydrogen) atoms. The van der Waals surface area contributed by atoms with Gasteiger partial charge in [-0.05, 0) is 32.9 Å². The van der Waals surface area contributed by atoms with Crippen molar-refractivity contribution < 1.29 is 0 Å². The molecule has 2 nitrogen and oxygen atoms in total. The molecule has 0 saturated carbocycles. The van der Waals surface area contributed by atoms with Crippen LogP contribution in [0.3, 0.4) is 0 Å². The average molecular weight is 218 g/mol. The lowest BCUT2D eigenvalue weighted by Crippen LogP contribution is -2.55. The Labute approximate surface area is 98.7 Å². The fourth-order valence-electron chi connectivity index (χ4n) is 2.44. The lowest BCUT2D eigenvalue weighted by molar-refractivity contribution is 0.163. The van der Waals surface area contributed by atoms with Gasteiger partial charge in [0.15, 0.2) is 0 Å². The number of rotatable bonds is 2. The summed E-state index contributed by atoms with van der Waals surface area (Å²) in [6.45, 7) is 6.74. The van der Waals surface area contributed by atoms with Gasteiger partial charge >= 0.3 is 0 Å². The first-order chi connectivity index (χ1) is 7.66. The van der Waals surface area contributed by atoms with Crippen LogP contribution in [0, 0.1) is 6.92 Å². The van der Waals surface area contributed by atoms with E-state index in [4.69, 9.17) is 0 Å². The number of hydrogen-bond acceptors (Lipinski definition) is 2. The van der Waals surface area contributed by atoms with Crippen LogP contribution in [-0.2, 0) is 6.42 Å². The Kier molecular flexibility index (Phi) is 3.62. The molecule has 0 radical (unpaired) electrons. The molecule has 1 aromatic rings. The number of hydrogen-bond donors (Lipinski definition) is 1. The molecule has 0 spiro atoms. The summed E-state index contributed by atoms with van der Waals surface area (Å²) < 4.78 is 0. The molecule has 2 rings (SSSR count). The third kappa shape index (κ3) is 2.63. The monoisotopic (exact) mass is 218 g/mol. The Bertz CT molecular complexity index is 348. The normalized spacial score (nSPS) is 26.9. The predicted octanol–water partition coefficient (Wildman–Crippen LogP) is 1.83. The molecular weight excluding hydrogens is 196 g/mol. The quantitative estimate of drug-likeness (QED) is 0.814. The summed E-state index contributed by atoms with van der Waals surface area (Å²) in [6, 6.07) is 10.0. The first-order valence-electron chi connectivity index (χ1n) is 6.16. The second kappa shape index (κ2) is 4.98.